The molecule has 0 radical (unpaired) electrons. The monoisotopic (exact) mass is 658 g/mol. The van der Waals surface area contributed by atoms with Crippen molar-refractivity contribution in [2.75, 3.05) is 0 Å². The van der Waals surface area contributed by atoms with Crippen molar-refractivity contribution in [3.05, 3.63) is 182 Å². The Bertz CT molecular complexity index is 3490. The first-order chi connectivity index (χ1) is 28.7. The molecule has 4 aromatic heterocycles. The molecule has 0 unspecified atom stereocenters. The molecule has 11 aromatic rings. The summed E-state index contributed by atoms with van der Waals surface area (Å²) in [5.74, 6) is 0. The zero-order valence-corrected chi connectivity index (χ0v) is 27.0. The molecule has 51 heavy (non-hydrogen) atoms. The van der Waals surface area contributed by atoms with Gasteiger partial charge >= 0.3 is 0 Å². The van der Waals surface area contributed by atoms with Gasteiger partial charge in [0.05, 0.1) is 56.1 Å². The molecule has 0 bridgehead atoms. The third-order valence-electron chi connectivity index (χ3n) is 9.93. The number of hydrogen-bond acceptors (Lipinski definition) is 1. The molecule has 0 saturated carbocycles. The summed E-state index contributed by atoms with van der Waals surface area (Å²) < 4.78 is 76.0. The Labute approximate surface area is 304 Å². The van der Waals surface area contributed by atoms with Crippen LogP contribution in [0.4, 0.5) is 0 Å². The first-order valence-corrected chi connectivity index (χ1v) is 16.7. The number of fused-ring (bicyclic) bond motifs is 9. The van der Waals surface area contributed by atoms with Crippen LogP contribution in [0.1, 0.15) is 11.0 Å². The van der Waals surface area contributed by atoms with E-state index < -0.39 is 24.2 Å². The summed E-state index contributed by atoms with van der Waals surface area (Å²) in [5.41, 5.74) is 7.84. The average Bonchev–Trinajstić information content (AvgIpc) is 3.92. The van der Waals surface area contributed by atoms with Crippen LogP contribution >= 0.6 is 0 Å². The molecule has 0 saturated heterocycles. The van der Waals surface area contributed by atoms with E-state index in [0.29, 0.717) is 11.3 Å². The van der Waals surface area contributed by atoms with Crippen molar-refractivity contribution >= 4 is 65.5 Å². The van der Waals surface area contributed by atoms with Crippen molar-refractivity contribution in [2.45, 2.75) is 0 Å². The number of para-hydroxylation sites is 6. The summed E-state index contributed by atoms with van der Waals surface area (Å²) in [5, 5.41) is 4.45. The molecule has 0 amide bonds. The van der Waals surface area contributed by atoms with Crippen molar-refractivity contribution in [1.82, 2.24) is 18.7 Å². The molecule has 7 aromatic carbocycles. The molecular weight excluding hydrogens is 621 g/mol. The minimum Gasteiger partial charge on any atom is -0.309 e. The lowest BCUT2D eigenvalue weighted by molar-refractivity contribution is 1.11. The van der Waals surface area contributed by atoms with Crippen molar-refractivity contribution in [2.24, 2.45) is 0 Å². The molecular formula is C47H30N4. The Morgan fingerprint density at radius 2 is 0.980 bits per heavy atom. The average molecular weight is 659 g/mol. The Hall–Kier alpha value is -6.91. The van der Waals surface area contributed by atoms with Crippen molar-refractivity contribution in [3.8, 4) is 28.2 Å². The lowest BCUT2D eigenvalue weighted by Gasteiger charge is -2.15. The molecule has 4 heterocycles. The van der Waals surface area contributed by atoms with Gasteiger partial charge < -0.3 is 9.13 Å². The minimum atomic E-state index is -0.475. The van der Waals surface area contributed by atoms with E-state index >= 15 is 0 Å². The molecule has 0 spiro atoms. The predicted molar refractivity (Wildman–Crippen MR) is 213 cm³/mol. The summed E-state index contributed by atoms with van der Waals surface area (Å²) in [4.78, 5) is 5.15. The molecule has 4 nitrogen and oxygen atoms in total. The van der Waals surface area contributed by atoms with Crippen LogP contribution in [-0.2, 0) is 0 Å². The van der Waals surface area contributed by atoms with Crippen molar-refractivity contribution in [1.29, 1.82) is 0 Å². The standard InChI is InChI=1S/C47H30N4/c1-7-22-41(51-45-26-11-4-19-37(45)38-20-5-12-27-46(38)51)34(16-1)31-14-13-15-32(28-31)50-44-25-10-6-21-39(44)40-29-33(30-48-47(40)50)49-42-23-8-2-17-35(42)36-18-3-9-24-43(36)49/h1-30H/i4D,5D,11D,12D,19D,20D,26D,27D. The highest BCUT2D eigenvalue weighted by Crippen LogP contribution is 2.39. The first-order valence-electron chi connectivity index (χ1n) is 20.7. The fourth-order valence-electron chi connectivity index (χ4n) is 7.80. The van der Waals surface area contributed by atoms with Gasteiger partial charge in [0.1, 0.15) is 5.65 Å². The summed E-state index contributed by atoms with van der Waals surface area (Å²) in [6.07, 6.45) is 1.92. The van der Waals surface area contributed by atoms with E-state index in [1.165, 1.54) is 10.8 Å². The van der Waals surface area contributed by atoms with Gasteiger partial charge in [-0.25, -0.2) is 4.98 Å². The van der Waals surface area contributed by atoms with Crippen molar-refractivity contribution in [3.63, 3.8) is 0 Å². The van der Waals surface area contributed by atoms with Crippen LogP contribution in [0.2, 0.25) is 0 Å². The van der Waals surface area contributed by atoms with Gasteiger partial charge in [0.25, 0.3) is 0 Å². The maximum absolute atomic E-state index is 9.05. The number of benzene rings is 7. The van der Waals surface area contributed by atoms with E-state index in [1.54, 1.807) is 4.57 Å². The summed E-state index contributed by atoms with van der Waals surface area (Å²) >= 11 is 0. The van der Waals surface area contributed by atoms with E-state index in [2.05, 4.69) is 75.9 Å². The smallest absolute Gasteiger partial charge is 0.145 e. The highest BCUT2D eigenvalue weighted by molar-refractivity contribution is 6.12. The lowest BCUT2D eigenvalue weighted by Crippen LogP contribution is -1.99. The molecule has 0 N–H and O–H groups in total. The Morgan fingerprint density at radius 1 is 0.412 bits per heavy atom. The number of hydrogen-bond donors (Lipinski definition) is 0. The second kappa shape index (κ2) is 10.8. The van der Waals surface area contributed by atoms with Crippen LogP contribution in [0.3, 0.4) is 0 Å². The highest BCUT2D eigenvalue weighted by atomic mass is 15.1. The van der Waals surface area contributed by atoms with Crippen LogP contribution in [0, 0.1) is 0 Å². The zero-order chi connectivity index (χ0) is 40.4. The minimum absolute atomic E-state index is 0.0400. The van der Waals surface area contributed by atoms with E-state index in [1.807, 2.05) is 66.9 Å². The van der Waals surface area contributed by atoms with Gasteiger partial charge in [-0.1, -0.05) is 121 Å². The molecule has 0 aliphatic heterocycles. The Balaban J connectivity index is 1.15. The van der Waals surface area contributed by atoms with Crippen LogP contribution in [0.15, 0.2) is 182 Å². The van der Waals surface area contributed by atoms with Gasteiger partial charge in [-0.15, -0.1) is 0 Å². The summed E-state index contributed by atoms with van der Waals surface area (Å²) in [7, 11) is 0. The number of rotatable bonds is 4. The van der Waals surface area contributed by atoms with Gasteiger partial charge in [-0.3, -0.25) is 4.57 Å². The van der Waals surface area contributed by atoms with Crippen LogP contribution < -0.4 is 0 Å². The van der Waals surface area contributed by atoms with Crippen LogP contribution in [0.5, 0.6) is 0 Å². The number of aromatic nitrogens is 4. The molecule has 238 valence electrons. The quantitative estimate of drug-likeness (QED) is 0.185. The van der Waals surface area contributed by atoms with E-state index in [4.69, 9.17) is 16.0 Å². The second-order valence-corrected chi connectivity index (χ2v) is 12.6. The zero-order valence-electron chi connectivity index (χ0n) is 35.0. The molecule has 4 heteroatoms. The lowest BCUT2D eigenvalue weighted by atomic mass is 10.0. The third-order valence-corrected chi connectivity index (χ3v) is 9.93. The van der Waals surface area contributed by atoms with Crippen molar-refractivity contribution < 1.29 is 11.0 Å². The maximum atomic E-state index is 9.05. The molecule has 0 aliphatic carbocycles. The summed E-state index contributed by atoms with van der Waals surface area (Å²) in [6.45, 7) is 0. The molecule has 0 atom stereocenters. The van der Waals surface area contributed by atoms with Crippen LogP contribution in [-0.4, -0.2) is 18.7 Å². The molecule has 11 rings (SSSR count). The number of nitrogens with zero attached hydrogens (tertiary/aromatic N) is 4. The largest absolute Gasteiger partial charge is 0.309 e. The fraction of sp³-hybridized carbons (Fsp3) is 0. The first kappa shape index (κ1) is 21.2. The fourth-order valence-corrected chi connectivity index (χ4v) is 7.80. The second-order valence-electron chi connectivity index (χ2n) is 12.6. The highest BCUT2D eigenvalue weighted by Gasteiger charge is 2.19. The molecule has 0 fully saturated rings. The third kappa shape index (κ3) is 4.05. The number of pyridine rings is 1. The van der Waals surface area contributed by atoms with Gasteiger partial charge in [-0.2, -0.15) is 0 Å². The van der Waals surface area contributed by atoms with E-state index in [9.17, 15) is 0 Å². The Kier molecular flexibility index (Phi) is 4.49. The molecule has 0 aliphatic rings. The van der Waals surface area contributed by atoms with E-state index in [-0.39, 0.29) is 46.0 Å². The Morgan fingerprint density at radius 3 is 1.67 bits per heavy atom. The van der Waals surface area contributed by atoms with Gasteiger partial charge in [-0.05, 0) is 60.1 Å². The van der Waals surface area contributed by atoms with E-state index in [0.717, 1.165) is 49.9 Å². The normalized spacial score (nSPS) is 14.1. The van der Waals surface area contributed by atoms with Gasteiger partial charge in [0.15, 0.2) is 0 Å². The SMILES string of the molecule is [2H]c1c([2H])c([2H])c2c(c1[2H])c1c([2H])c([2H])c([2H])c([2H])c1n2-c1ccccc1-c1cccc(-n2c3ccccc3c3cc(-n4c5ccccc5c5ccccc54)cnc32)c1. The van der Waals surface area contributed by atoms with Gasteiger partial charge in [0.2, 0.25) is 0 Å². The van der Waals surface area contributed by atoms with Crippen LogP contribution in [0.25, 0.3) is 93.7 Å². The van der Waals surface area contributed by atoms with Gasteiger partial charge in [0, 0.05) is 43.6 Å². The predicted octanol–water partition coefficient (Wildman–Crippen LogP) is 12.0. The topological polar surface area (TPSA) is 27.7 Å². The summed E-state index contributed by atoms with van der Waals surface area (Å²) in [6, 6.07) is 39.3. The maximum Gasteiger partial charge on any atom is 0.145 e.